The summed E-state index contributed by atoms with van der Waals surface area (Å²) in [6, 6.07) is 9.72. The molecule has 0 aliphatic heterocycles. The largest absolute Gasteiger partial charge is 0.423 e. The SMILES string of the molecule is C.C=CCCc1ccc(C(=O)Oc2cc(F)c(C#N)c(F)c2)cc1. The number of benzene rings is 2. The molecule has 0 atom stereocenters. The zero-order chi connectivity index (χ0) is 16.8. The number of nitriles is 1. The van der Waals surface area contributed by atoms with Crippen LogP contribution in [-0.4, -0.2) is 5.97 Å². The van der Waals surface area contributed by atoms with E-state index in [9.17, 15) is 13.6 Å². The van der Waals surface area contributed by atoms with Gasteiger partial charge in [-0.3, -0.25) is 0 Å². The van der Waals surface area contributed by atoms with Gasteiger partial charge >= 0.3 is 5.97 Å². The number of ether oxygens (including phenoxy) is 1. The molecule has 0 spiro atoms. The summed E-state index contributed by atoms with van der Waals surface area (Å²) >= 11 is 0. The number of carbonyl (C=O) groups excluding carboxylic acids is 1. The maximum atomic E-state index is 13.5. The average Bonchev–Trinajstić information content (AvgIpc) is 2.53. The van der Waals surface area contributed by atoms with Gasteiger partial charge in [0.1, 0.15) is 29.0 Å². The summed E-state index contributed by atoms with van der Waals surface area (Å²) in [7, 11) is 0. The van der Waals surface area contributed by atoms with Crippen LogP contribution in [0.15, 0.2) is 49.1 Å². The number of carbonyl (C=O) groups is 1. The van der Waals surface area contributed by atoms with Crippen molar-refractivity contribution >= 4 is 5.97 Å². The highest BCUT2D eigenvalue weighted by Gasteiger charge is 2.14. The molecule has 0 radical (unpaired) electrons. The number of esters is 1. The first kappa shape index (κ1) is 19.0. The summed E-state index contributed by atoms with van der Waals surface area (Å²) in [5, 5.41) is 8.59. The lowest BCUT2D eigenvalue weighted by Crippen LogP contribution is -2.09. The van der Waals surface area contributed by atoms with Crippen LogP contribution >= 0.6 is 0 Å². The third-order valence-corrected chi connectivity index (χ3v) is 3.16. The number of hydrogen-bond donors (Lipinski definition) is 0. The van der Waals surface area contributed by atoms with E-state index in [2.05, 4.69) is 6.58 Å². The van der Waals surface area contributed by atoms with Crippen LogP contribution in [-0.2, 0) is 6.42 Å². The van der Waals surface area contributed by atoms with Crippen molar-refractivity contribution in [1.29, 1.82) is 5.26 Å². The molecule has 0 bridgehead atoms. The molecule has 5 heteroatoms. The molecular weight excluding hydrogens is 312 g/mol. The Morgan fingerprint density at radius 3 is 2.29 bits per heavy atom. The summed E-state index contributed by atoms with van der Waals surface area (Å²) < 4.78 is 31.9. The molecule has 0 aliphatic carbocycles. The highest BCUT2D eigenvalue weighted by atomic mass is 19.1. The quantitative estimate of drug-likeness (QED) is 0.449. The molecule has 0 aromatic heterocycles. The number of hydrogen-bond acceptors (Lipinski definition) is 3. The Morgan fingerprint density at radius 1 is 1.21 bits per heavy atom. The fourth-order valence-corrected chi connectivity index (χ4v) is 1.96. The second-order valence-corrected chi connectivity index (χ2v) is 4.79. The maximum absolute atomic E-state index is 13.5. The van der Waals surface area contributed by atoms with E-state index in [0.717, 1.165) is 30.5 Å². The summed E-state index contributed by atoms with van der Waals surface area (Å²) in [5.74, 6) is -3.17. The van der Waals surface area contributed by atoms with Gasteiger partial charge in [-0.1, -0.05) is 25.6 Å². The molecule has 2 rings (SSSR count). The van der Waals surface area contributed by atoms with Crippen molar-refractivity contribution in [1.82, 2.24) is 0 Å². The molecule has 0 saturated carbocycles. The number of halogens is 2. The van der Waals surface area contributed by atoms with Crippen LogP contribution in [0.4, 0.5) is 8.78 Å². The first-order chi connectivity index (χ1) is 11.0. The van der Waals surface area contributed by atoms with Gasteiger partial charge in [0.05, 0.1) is 5.56 Å². The molecule has 0 heterocycles. The minimum absolute atomic E-state index is 0. The monoisotopic (exact) mass is 329 g/mol. The van der Waals surface area contributed by atoms with Gasteiger partial charge < -0.3 is 4.74 Å². The highest BCUT2D eigenvalue weighted by molar-refractivity contribution is 5.91. The van der Waals surface area contributed by atoms with Crippen molar-refractivity contribution in [3.05, 3.63) is 77.4 Å². The Balaban J connectivity index is 0.00000288. The summed E-state index contributed by atoms with van der Waals surface area (Å²) in [4.78, 5) is 12.0. The Kier molecular flexibility index (Phi) is 6.81. The lowest BCUT2D eigenvalue weighted by Gasteiger charge is -2.06. The molecule has 3 nitrogen and oxygen atoms in total. The van der Waals surface area contributed by atoms with Gasteiger partial charge in [-0.25, -0.2) is 13.6 Å². The van der Waals surface area contributed by atoms with E-state index < -0.39 is 23.2 Å². The number of aryl methyl sites for hydroxylation is 1. The molecule has 0 unspecified atom stereocenters. The van der Waals surface area contributed by atoms with Gasteiger partial charge in [-0.15, -0.1) is 6.58 Å². The van der Waals surface area contributed by atoms with Crippen molar-refractivity contribution in [3.8, 4) is 11.8 Å². The second kappa shape index (κ2) is 8.59. The Hall–Kier alpha value is -3.00. The van der Waals surface area contributed by atoms with Gasteiger partial charge in [0.2, 0.25) is 0 Å². The first-order valence-corrected chi connectivity index (χ1v) is 6.86. The van der Waals surface area contributed by atoms with Gasteiger partial charge in [-0.05, 0) is 30.5 Å². The summed E-state index contributed by atoms with van der Waals surface area (Å²) in [6.45, 7) is 3.64. The lowest BCUT2D eigenvalue weighted by atomic mass is 10.1. The van der Waals surface area contributed by atoms with E-state index >= 15 is 0 Å². The molecule has 124 valence electrons. The number of nitrogens with zero attached hydrogens (tertiary/aromatic N) is 1. The Labute approximate surface area is 139 Å². The van der Waals surface area contributed by atoms with Gasteiger partial charge in [-0.2, -0.15) is 5.26 Å². The molecule has 0 saturated heterocycles. The van der Waals surface area contributed by atoms with Gasteiger partial charge in [0.15, 0.2) is 0 Å². The Bertz CT molecular complexity index is 754. The van der Waals surface area contributed by atoms with Crippen molar-refractivity contribution in [2.45, 2.75) is 20.3 Å². The topological polar surface area (TPSA) is 50.1 Å². The van der Waals surface area contributed by atoms with Gasteiger partial charge in [0, 0.05) is 12.1 Å². The molecular formula is C19H17F2NO2. The third kappa shape index (κ3) is 4.50. The molecule has 0 aliphatic rings. The predicted octanol–water partition coefficient (Wildman–Crippen LogP) is 4.81. The second-order valence-electron chi connectivity index (χ2n) is 4.79. The van der Waals surface area contributed by atoms with E-state index in [1.165, 1.54) is 6.07 Å². The van der Waals surface area contributed by atoms with Crippen molar-refractivity contribution in [2.75, 3.05) is 0 Å². The smallest absolute Gasteiger partial charge is 0.343 e. The molecule has 0 N–H and O–H groups in total. The maximum Gasteiger partial charge on any atom is 0.343 e. The van der Waals surface area contributed by atoms with Crippen LogP contribution in [0.2, 0.25) is 0 Å². The third-order valence-electron chi connectivity index (χ3n) is 3.16. The molecule has 0 amide bonds. The van der Waals surface area contributed by atoms with Crippen LogP contribution < -0.4 is 4.74 Å². The zero-order valence-electron chi connectivity index (χ0n) is 12.2. The van der Waals surface area contributed by atoms with E-state index in [4.69, 9.17) is 10.00 Å². The summed E-state index contributed by atoms with van der Waals surface area (Å²) in [6.07, 6.45) is 3.44. The van der Waals surface area contributed by atoms with E-state index in [1.54, 1.807) is 30.3 Å². The number of allylic oxidation sites excluding steroid dienone is 1. The highest BCUT2D eigenvalue weighted by Crippen LogP contribution is 2.21. The predicted molar refractivity (Wildman–Crippen MR) is 87.7 cm³/mol. The van der Waals surface area contributed by atoms with Crippen LogP contribution in [0.5, 0.6) is 5.75 Å². The van der Waals surface area contributed by atoms with Crippen LogP contribution in [0, 0.1) is 23.0 Å². The fraction of sp³-hybridized carbons (Fsp3) is 0.158. The van der Waals surface area contributed by atoms with Crippen LogP contribution in [0.3, 0.4) is 0 Å². The molecule has 2 aromatic carbocycles. The van der Waals surface area contributed by atoms with Crippen molar-refractivity contribution < 1.29 is 18.3 Å². The summed E-state index contributed by atoms with van der Waals surface area (Å²) in [5.41, 5.74) is 0.589. The lowest BCUT2D eigenvalue weighted by molar-refractivity contribution is 0.0734. The molecule has 0 fully saturated rings. The van der Waals surface area contributed by atoms with E-state index in [1.807, 2.05) is 0 Å². The van der Waals surface area contributed by atoms with E-state index in [-0.39, 0.29) is 18.7 Å². The zero-order valence-corrected chi connectivity index (χ0v) is 12.2. The normalized spacial score (nSPS) is 9.54. The van der Waals surface area contributed by atoms with Crippen molar-refractivity contribution in [3.63, 3.8) is 0 Å². The Morgan fingerprint density at radius 2 is 1.79 bits per heavy atom. The molecule has 24 heavy (non-hydrogen) atoms. The molecule has 2 aromatic rings. The van der Waals surface area contributed by atoms with Crippen LogP contribution in [0.1, 0.15) is 35.3 Å². The fourth-order valence-electron chi connectivity index (χ4n) is 1.96. The van der Waals surface area contributed by atoms with Gasteiger partial charge in [0.25, 0.3) is 0 Å². The number of rotatable bonds is 5. The van der Waals surface area contributed by atoms with Crippen molar-refractivity contribution in [2.24, 2.45) is 0 Å². The minimum Gasteiger partial charge on any atom is -0.423 e. The first-order valence-electron chi connectivity index (χ1n) is 6.86. The van der Waals surface area contributed by atoms with E-state index in [0.29, 0.717) is 0 Å². The average molecular weight is 329 g/mol. The minimum atomic E-state index is -1.07. The standard InChI is InChI=1S/C18H13F2NO2.CH4/c1-2-3-4-12-5-7-13(8-6-12)18(22)23-14-9-16(19)15(11-21)17(20)10-14;/h2,5-10H,1,3-4H2;1H4. The van der Waals surface area contributed by atoms with Crippen LogP contribution in [0.25, 0.3) is 0 Å².